The molecule has 2 N–H and O–H groups in total. The molecule has 0 saturated carbocycles. The molecular formula is C12H16Cl2N2OS. The number of hydrogen-bond donors (Lipinski definition) is 2. The Labute approximate surface area is 122 Å². The molecule has 0 bridgehead atoms. The Kier molecular flexibility index (Phi) is 6.29. The Morgan fingerprint density at radius 3 is 2.83 bits per heavy atom. The number of rotatable bonds is 4. The van der Waals surface area contributed by atoms with E-state index >= 15 is 0 Å². The zero-order valence-electron chi connectivity index (χ0n) is 10.0. The molecule has 0 aliphatic carbocycles. The molecule has 1 fully saturated rings. The minimum absolute atomic E-state index is 0. The van der Waals surface area contributed by atoms with Crippen LogP contribution in [0.2, 0.25) is 5.02 Å². The second kappa shape index (κ2) is 7.24. The second-order valence-electron chi connectivity index (χ2n) is 4.08. The molecule has 100 valence electrons. The zero-order valence-corrected chi connectivity index (χ0v) is 12.4. The first-order valence-corrected chi connectivity index (χ1v) is 7.13. The van der Waals surface area contributed by atoms with Crippen LogP contribution in [0.1, 0.15) is 10.4 Å². The molecule has 0 atom stereocenters. The molecular weight excluding hydrogens is 291 g/mol. The lowest BCUT2D eigenvalue weighted by Gasteiger charge is -2.27. The molecule has 1 heterocycles. The van der Waals surface area contributed by atoms with Crippen molar-refractivity contribution in [2.24, 2.45) is 5.92 Å². The maximum absolute atomic E-state index is 12.0. The number of benzene rings is 1. The van der Waals surface area contributed by atoms with Crippen LogP contribution in [0.5, 0.6) is 0 Å². The number of nitrogens with one attached hydrogen (secondary N) is 2. The van der Waals surface area contributed by atoms with E-state index in [0.29, 0.717) is 23.0 Å². The van der Waals surface area contributed by atoms with E-state index in [1.807, 2.05) is 18.4 Å². The SMILES string of the molecule is CSc1ccc(Cl)c(C(=O)NCC2CNC2)c1.Cl. The zero-order chi connectivity index (χ0) is 12.3. The van der Waals surface area contributed by atoms with Gasteiger partial charge < -0.3 is 10.6 Å². The number of carbonyl (C=O) groups is 1. The highest BCUT2D eigenvalue weighted by Crippen LogP contribution is 2.22. The third kappa shape index (κ3) is 3.79. The van der Waals surface area contributed by atoms with Crippen LogP contribution >= 0.6 is 35.8 Å². The summed E-state index contributed by atoms with van der Waals surface area (Å²) in [6.07, 6.45) is 1.98. The molecule has 1 aromatic rings. The third-order valence-corrected chi connectivity index (χ3v) is 3.89. The van der Waals surface area contributed by atoms with Gasteiger partial charge in [0.25, 0.3) is 5.91 Å². The maximum Gasteiger partial charge on any atom is 0.252 e. The van der Waals surface area contributed by atoms with Crippen molar-refractivity contribution in [2.75, 3.05) is 25.9 Å². The van der Waals surface area contributed by atoms with Crippen LogP contribution in [-0.2, 0) is 0 Å². The molecule has 1 aliphatic heterocycles. The van der Waals surface area contributed by atoms with Crippen molar-refractivity contribution >= 4 is 41.7 Å². The average Bonchev–Trinajstić information content (AvgIpc) is 2.27. The molecule has 0 spiro atoms. The van der Waals surface area contributed by atoms with E-state index in [1.54, 1.807) is 17.8 Å². The lowest BCUT2D eigenvalue weighted by molar-refractivity contribution is 0.0942. The summed E-state index contributed by atoms with van der Waals surface area (Å²) in [6.45, 7) is 2.68. The molecule has 1 aromatic carbocycles. The Morgan fingerprint density at radius 2 is 2.28 bits per heavy atom. The van der Waals surface area contributed by atoms with Crippen LogP contribution in [0.15, 0.2) is 23.1 Å². The first-order valence-electron chi connectivity index (χ1n) is 5.53. The largest absolute Gasteiger partial charge is 0.352 e. The van der Waals surface area contributed by atoms with Crippen molar-refractivity contribution in [2.45, 2.75) is 4.90 Å². The normalized spacial score (nSPS) is 14.6. The highest BCUT2D eigenvalue weighted by atomic mass is 35.5. The molecule has 1 aliphatic rings. The number of halogens is 2. The number of thioether (sulfide) groups is 1. The van der Waals surface area contributed by atoms with E-state index in [9.17, 15) is 4.79 Å². The van der Waals surface area contributed by atoms with Gasteiger partial charge >= 0.3 is 0 Å². The van der Waals surface area contributed by atoms with Gasteiger partial charge in [0.05, 0.1) is 10.6 Å². The number of amides is 1. The van der Waals surface area contributed by atoms with E-state index in [2.05, 4.69) is 10.6 Å². The minimum atomic E-state index is -0.0854. The fourth-order valence-corrected chi connectivity index (χ4v) is 2.27. The summed E-state index contributed by atoms with van der Waals surface area (Å²) in [5.74, 6) is 0.472. The quantitative estimate of drug-likeness (QED) is 0.840. The van der Waals surface area contributed by atoms with Gasteiger partial charge in [0.2, 0.25) is 0 Å². The van der Waals surface area contributed by atoms with E-state index in [0.717, 1.165) is 18.0 Å². The van der Waals surface area contributed by atoms with Crippen molar-refractivity contribution in [3.05, 3.63) is 28.8 Å². The number of hydrogen-bond acceptors (Lipinski definition) is 3. The number of carbonyl (C=O) groups excluding carboxylic acids is 1. The van der Waals surface area contributed by atoms with Crippen molar-refractivity contribution in [3.8, 4) is 0 Å². The van der Waals surface area contributed by atoms with Crippen molar-refractivity contribution in [1.29, 1.82) is 0 Å². The average molecular weight is 307 g/mol. The highest BCUT2D eigenvalue weighted by Gasteiger charge is 2.18. The summed E-state index contributed by atoms with van der Waals surface area (Å²) in [7, 11) is 0. The summed E-state index contributed by atoms with van der Waals surface area (Å²) < 4.78 is 0. The molecule has 6 heteroatoms. The lowest BCUT2D eigenvalue weighted by Crippen LogP contribution is -2.48. The third-order valence-electron chi connectivity index (χ3n) is 2.84. The molecule has 1 saturated heterocycles. The van der Waals surface area contributed by atoms with Crippen LogP contribution in [0.25, 0.3) is 0 Å². The predicted octanol–water partition coefficient (Wildman–Crippen LogP) is 2.43. The molecule has 0 unspecified atom stereocenters. The van der Waals surface area contributed by atoms with E-state index < -0.39 is 0 Å². The van der Waals surface area contributed by atoms with Crippen molar-refractivity contribution < 1.29 is 4.79 Å². The van der Waals surface area contributed by atoms with Crippen molar-refractivity contribution in [1.82, 2.24) is 10.6 Å². The first-order chi connectivity index (χ1) is 8.20. The van der Waals surface area contributed by atoms with Gasteiger partial charge in [0.1, 0.15) is 0 Å². The highest BCUT2D eigenvalue weighted by molar-refractivity contribution is 7.98. The van der Waals surface area contributed by atoms with Crippen LogP contribution in [0, 0.1) is 5.92 Å². The van der Waals surface area contributed by atoms with E-state index in [4.69, 9.17) is 11.6 Å². The molecule has 1 amide bonds. The Morgan fingerprint density at radius 1 is 1.56 bits per heavy atom. The van der Waals surface area contributed by atoms with Gasteiger partial charge in [-0.2, -0.15) is 0 Å². The lowest BCUT2D eigenvalue weighted by atomic mass is 10.0. The standard InChI is InChI=1S/C12H15ClN2OS.ClH/c1-17-9-2-3-11(13)10(4-9)12(16)15-7-8-5-14-6-8;/h2-4,8,14H,5-7H2,1H3,(H,15,16);1H. The fraction of sp³-hybridized carbons (Fsp3) is 0.417. The Bertz CT molecular complexity index is 425. The molecule has 0 aromatic heterocycles. The summed E-state index contributed by atoms with van der Waals surface area (Å²) in [4.78, 5) is 13.0. The predicted molar refractivity (Wildman–Crippen MR) is 79.2 cm³/mol. The van der Waals surface area contributed by atoms with Crippen LogP contribution < -0.4 is 10.6 Å². The first kappa shape index (κ1) is 15.6. The van der Waals surface area contributed by atoms with Crippen molar-refractivity contribution in [3.63, 3.8) is 0 Å². The maximum atomic E-state index is 12.0. The summed E-state index contributed by atoms with van der Waals surface area (Å²) >= 11 is 7.63. The van der Waals surface area contributed by atoms with Gasteiger partial charge in [-0.05, 0) is 24.5 Å². The van der Waals surface area contributed by atoms with Gasteiger partial charge in [0, 0.05) is 30.4 Å². The van der Waals surface area contributed by atoms with Crippen LogP contribution in [0.4, 0.5) is 0 Å². The summed E-state index contributed by atoms with van der Waals surface area (Å²) in [6, 6.07) is 5.52. The summed E-state index contributed by atoms with van der Waals surface area (Å²) in [5, 5.41) is 6.60. The van der Waals surface area contributed by atoms with Gasteiger partial charge in [-0.25, -0.2) is 0 Å². The van der Waals surface area contributed by atoms with Gasteiger partial charge in [-0.1, -0.05) is 11.6 Å². The fourth-order valence-electron chi connectivity index (χ4n) is 1.63. The summed E-state index contributed by atoms with van der Waals surface area (Å²) in [5.41, 5.74) is 0.561. The second-order valence-corrected chi connectivity index (χ2v) is 5.37. The van der Waals surface area contributed by atoms with Gasteiger partial charge in [0.15, 0.2) is 0 Å². The smallest absolute Gasteiger partial charge is 0.252 e. The van der Waals surface area contributed by atoms with Crippen LogP contribution in [-0.4, -0.2) is 31.8 Å². The topological polar surface area (TPSA) is 41.1 Å². The monoisotopic (exact) mass is 306 g/mol. The molecule has 2 rings (SSSR count). The molecule has 0 radical (unpaired) electrons. The Hall–Kier alpha value is -0.420. The molecule has 3 nitrogen and oxygen atoms in total. The Balaban J connectivity index is 0.00000162. The van der Waals surface area contributed by atoms with E-state index in [1.165, 1.54) is 0 Å². The van der Waals surface area contributed by atoms with Crippen LogP contribution in [0.3, 0.4) is 0 Å². The van der Waals surface area contributed by atoms with Gasteiger partial charge in [-0.15, -0.1) is 24.2 Å². The van der Waals surface area contributed by atoms with Gasteiger partial charge in [-0.3, -0.25) is 4.79 Å². The molecule has 18 heavy (non-hydrogen) atoms. The van der Waals surface area contributed by atoms with E-state index in [-0.39, 0.29) is 18.3 Å². The minimum Gasteiger partial charge on any atom is -0.352 e.